The largest absolute Gasteiger partial charge is 0.444 e. The molecule has 1 N–H and O–H groups in total. The molecule has 2 saturated heterocycles. The summed E-state index contributed by atoms with van der Waals surface area (Å²) in [6.45, 7) is 5.90. The molecule has 3 atom stereocenters. The quantitative estimate of drug-likeness (QED) is 0.572. The second-order valence-corrected chi connectivity index (χ2v) is 10.9. The second-order valence-electron chi connectivity index (χ2n) is 10.1. The first-order chi connectivity index (χ1) is 17.4. The van der Waals surface area contributed by atoms with E-state index in [9.17, 15) is 18.8 Å². The summed E-state index contributed by atoms with van der Waals surface area (Å²) in [7, 11) is 0. The first kappa shape index (κ1) is 27.2. The number of amides is 3. The molecule has 198 valence electrons. The number of anilines is 1. The maximum atomic E-state index is 13.6. The standard InChI is InChI=1S/C26H28Cl2FN3O5/c1-26(2,3)37-25(35)31-13-20-22(14-31)36-21(11-23(33)30-18-8-6-17(29)7-9-18)24(34)32(20)12-15-4-5-16(27)10-19(15)28/h4-10,20-22H,11-14H2,1-3H3,(H,30,33). The highest BCUT2D eigenvalue weighted by Crippen LogP contribution is 2.32. The highest BCUT2D eigenvalue weighted by Gasteiger charge is 2.49. The van der Waals surface area contributed by atoms with Crippen LogP contribution in [0.15, 0.2) is 42.5 Å². The van der Waals surface area contributed by atoms with Crippen LogP contribution in [-0.4, -0.2) is 64.6 Å². The monoisotopic (exact) mass is 551 g/mol. The van der Waals surface area contributed by atoms with Crippen LogP contribution in [0.5, 0.6) is 0 Å². The van der Waals surface area contributed by atoms with Gasteiger partial charge in [0.05, 0.1) is 25.1 Å². The Morgan fingerprint density at radius 1 is 1.14 bits per heavy atom. The van der Waals surface area contributed by atoms with Crippen molar-refractivity contribution in [3.8, 4) is 0 Å². The summed E-state index contributed by atoms with van der Waals surface area (Å²) in [5.41, 5.74) is 0.388. The summed E-state index contributed by atoms with van der Waals surface area (Å²) in [5.74, 6) is -1.29. The number of carbonyl (C=O) groups excluding carboxylic acids is 3. The molecular weight excluding hydrogens is 524 g/mol. The molecule has 8 nitrogen and oxygen atoms in total. The summed E-state index contributed by atoms with van der Waals surface area (Å²) >= 11 is 12.4. The molecule has 2 aliphatic rings. The van der Waals surface area contributed by atoms with Gasteiger partial charge in [0.2, 0.25) is 5.91 Å². The number of likely N-dealkylation sites (tertiary alicyclic amines) is 1. The van der Waals surface area contributed by atoms with Gasteiger partial charge in [-0.15, -0.1) is 0 Å². The molecule has 2 heterocycles. The molecule has 2 aromatic rings. The van der Waals surface area contributed by atoms with Gasteiger partial charge >= 0.3 is 6.09 Å². The van der Waals surface area contributed by atoms with Gasteiger partial charge in [-0.25, -0.2) is 9.18 Å². The number of fused-ring (bicyclic) bond motifs is 1. The lowest BCUT2D eigenvalue weighted by Crippen LogP contribution is -2.58. The van der Waals surface area contributed by atoms with E-state index in [2.05, 4.69) is 5.32 Å². The van der Waals surface area contributed by atoms with Gasteiger partial charge in [-0.3, -0.25) is 9.59 Å². The Hall–Kier alpha value is -2.88. The number of nitrogens with zero attached hydrogens (tertiary/aromatic N) is 2. The topological polar surface area (TPSA) is 88.2 Å². The molecular formula is C26H28Cl2FN3O5. The van der Waals surface area contributed by atoms with Crippen LogP contribution in [-0.2, 0) is 25.6 Å². The van der Waals surface area contributed by atoms with Crippen molar-refractivity contribution in [1.29, 1.82) is 0 Å². The third kappa shape index (κ3) is 6.71. The van der Waals surface area contributed by atoms with Crippen LogP contribution < -0.4 is 5.32 Å². The van der Waals surface area contributed by atoms with E-state index in [0.29, 0.717) is 21.3 Å². The Balaban J connectivity index is 1.54. The summed E-state index contributed by atoms with van der Waals surface area (Å²) in [6, 6.07) is 9.86. The van der Waals surface area contributed by atoms with Crippen LogP contribution in [0.3, 0.4) is 0 Å². The van der Waals surface area contributed by atoms with Crippen molar-refractivity contribution in [2.75, 3.05) is 18.4 Å². The molecule has 0 radical (unpaired) electrons. The van der Waals surface area contributed by atoms with Gasteiger partial charge in [-0.1, -0.05) is 29.3 Å². The van der Waals surface area contributed by atoms with Crippen molar-refractivity contribution >= 4 is 46.8 Å². The number of halogens is 3. The van der Waals surface area contributed by atoms with Gasteiger partial charge < -0.3 is 24.6 Å². The first-order valence-corrected chi connectivity index (χ1v) is 12.6. The lowest BCUT2D eigenvalue weighted by atomic mass is 10.0. The summed E-state index contributed by atoms with van der Waals surface area (Å²) in [6.07, 6.45) is -2.37. The van der Waals surface area contributed by atoms with Crippen molar-refractivity contribution in [1.82, 2.24) is 9.80 Å². The van der Waals surface area contributed by atoms with Crippen LogP contribution in [0, 0.1) is 5.82 Å². The Kier molecular flexibility index (Phi) is 7.96. The maximum Gasteiger partial charge on any atom is 0.410 e. The molecule has 2 aliphatic heterocycles. The van der Waals surface area contributed by atoms with E-state index in [1.165, 1.54) is 29.2 Å². The van der Waals surface area contributed by atoms with Crippen LogP contribution in [0.25, 0.3) is 0 Å². The lowest BCUT2D eigenvalue weighted by Gasteiger charge is -2.40. The molecule has 11 heteroatoms. The molecule has 37 heavy (non-hydrogen) atoms. The van der Waals surface area contributed by atoms with E-state index in [1.54, 1.807) is 43.9 Å². The van der Waals surface area contributed by atoms with Gasteiger partial charge in [0, 0.05) is 28.8 Å². The predicted octanol–water partition coefficient (Wildman–Crippen LogP) is 4.88. The van der Waals surface area contributed by atoms with Crippen LogP contribution in [0.1, 0.15) is 32.8 Å². The number of carbonyl (C=O) groups is 3. The highest BCUT2D eigenvalue weighted by molar-refractivity contribution is 6.35. The smallest absolute Gasteiger partial charge is 0.410 e. The number of benzene rings is 2. The molecule has 3 unspecified atom stereocenters. The van der Waals surface area contributed by atoms with Crippen molar-refractivity contribution in [2.24, 2.45) is 0 Å². The number of hydrogen-bond acceptors (Lipinski definition) is 5. The molecule has 2 aromatic carbocycles. The van der Waals surface area contributed by atoms with Crippen LogP contribution in [0.2, 0.25) is 10.0 Å². The predicted molar refractivity (Wildman–Crippen MR) is 137 cm³/mol. The summed E-state index contributed by atoms with van der Waals surface area (Å²) in [5, 5.41) is 3.52. The third-order valence-electron chi connectivity index (χ3n) is 6.04. The number of nitrogens with one attached hydrogen (secondary N) is 1. The Labute approximate surface area is 224 Å². The maximum absolute atomic E-state index is 13.6. The van der Waals surface area contributed by atoms with Crippen molar-refractivity contribution < 1.29 is 28.2 Å². The molecule has 0 saturated carbocycles. The van der Waals surface area contributed by atoms with E-state index in [1.807, 2.05) is 0 Å². The summed E-state index contributed by atoms with van der Waals surface area (Å²) < 4.78 is 24.8. The number of ether oxygens (including phenoxy) is 2. The van der Waals surface area contributed by atoms with Crippen LogP contribution >= 0.6 is 23.2 Å². The minimum absolute atomic E-state index is 0.150. The SMILES string of the molecule is CC(C)(C)OC(=O)N1CC2OC(CC(=O)Nc3ccc(F)cc3)C(=O)N(Cc3ccc(Cl)cc3Cl)C2C1. The minimum atomic E-state index is -1.08. The van der Waals surface area contributed by atoms with Gasteiger partial charge in [0.15, 0.2) is 0 Å². The normalized spacial score (nSPS) is 21.6. The molecule has 4 rings (SSSR count). The van der Waals surface area contributed by atoms with Gasteiger partial charge in [0.1, 0.15) is 17.5 Å². The molecule has 0 aromatic heterocycles. The van der Waals surface area contributed by atoms with E-state index < -0.39 is 47.6 Å². The highest BCUT2D eigenvalue weighted by atomic mass is 35.5. The molecule has 3 amide bonds. The Morgan fingerprint density at radius 3 is 2.49 bits per heavy atom. The Morgan fingerprint density at radius 2 is 1.84 bits per heavy atom. The van der Waals surface area contributed by atoms with Crippen LogP contribution in [0.4, 0.5) is 14.9 Å². The average Bonchev–Trinajstić information content (AvgIpc) is 3.22. The van der Waals surface area contributed by atoms with E-state index in [4.69, 9.17) is 32.7 Å². The zero-order valence-corrected chi connectivity index (χ0v) is 22.2. The number of hydrogen-bond donors (Lipinski definition) is 1. The Bertz CT molecular complexity index is 1190. The molecule has 0 aliphatic carbocycles. The van der Waals surface area contributed by atoms with Gasteiger partial charge in [-0.2, -0.15) is 0 Å². The lowest BCUT2D eigenvalue weighted by molar-refractivity contribution is -0.169. The fourth-order valence-electron chi connectivity index (χ4n) is 4.36. The number of rotatable bonds is 5. The summed E-state index contributed by atoms with van der Waals surface area (Å²) in [4.78, 5) is 42.1. The van der Waals surface area contributed by atoms with E-state index >= 15 is 0 Å². The third-order valence-corrected chi connectivity index (χ3v) is 6.63. The second kappa shape index (κ2) is 10.8. The fourth-order valence-corrected chi connectivity index (χ4v) is 4.83. The fraction of sp³-hybridized carbons (Fsp3) is 0.423. The van der Waals surface area contributed by atoms with Crippen molar-refractivity contribution in [2.45, 2.75) is 57.6 Å². The van der Waals surface area contributed by atoms with Gasteiger partial charge in [0.25, 0.3) is 5.91 Å². The van der Waals surface area contributed by atoms with Crippen molar-refractivity contribution in [3.63, 3.8) is 0 Å². The molecule has 0 bridgehead atoms. The number of morpholine rings is 1. The molecule has 2 fully saturated rings. The zero-order valence-electron chi connectivity index (χ0n) is 20.7. The van der Waals surface area contributed by atoms with E-state index in [-0.39, 0.29) is 26.1 Å². The van der Waals surface area contributed by atoms with E-state index in [0.717, 1.165) is 0 Å². The van der Waals surface area contributed by atoms with Gasteiger partial charge in [-0.05, 0) is 62.7 Å². The molecule has 0 spiro atoms. The minimum Gasteiger partial charge on any atom is -0.444 e. The van der Waals surface area contributed by atoms with Crippen molar-refractivity contribution in [3.05, 3.63) is 63.9 Å². The first-order valence-electron chi connectivity index (χ1n) is 11.8. The average molecular weight is 552 g/mol. The zero-order chi connectivity index (χ0) is 26.9.